The topological polar surface area (TPSA) is 89.3 Å². The average molecular weight is 340 g/mol. The summed E-state index contributed by atoms with van der Waals surface area (Å²) in [6, 6.07) is 1.53. The Labute approximate surface area is 137 Å². The average Bonchev–Trinajstić information content (AvgIpc) is 2.96. The van der Waals surface area contributed by atoms with E-state index in [0.29, 0.717) is 24.1 Å². The van der Waals surface area contributed by atoms with Crippen LogP contribution in [0.3, 0.4) is 0 Å². The molecule has 1 aliphatic carbocycles. The fourth-order valence-electron chi connectivity index (χ4n) is 2.72. The minimum absolute atomic E-state index is 0.125. The minimum Gasteiger partial charge on any atom is -0.338 e. The van der Waals surface area contributed by atoms with Gasteiger partial charge in [-0.3, -0.25) is 10.1 Å². The number of anilines is 1. The highest BCUT2D eigenvalue weighted by atomic mass is 32.2. The number of aromatic nitrogens is 1. The van der Waals surface area contributed by atoms with Gasteiger partial charge in [-0.1, -0.05) is 31.0 Å². The molecule has 1 fully saturated rings. The second kappa shape index (κ2) is 6.47. The molecule has 1 amide bonds. The number of hydrogen-bond donors (Lipinski definition) is 1. The van der Waals surface area contributed by atoms with Gasteiger partial charge in [-0.05, 0) is 39.2 Å². The molecule has 0 atom stereocenters. The van der Waals surface area contributed by atoms with E-state index in [0.717, 1.165) is 19.3 Å². The van der Waals surface area contributed by atoms with Gasteiger partial charge in [0.2, 0.25) is 11.8 Å². The predicted molar refractivity (Wildman–Crippen MR) is 89.7 cm³/mol. The van der Waals surface area contributed by atoms with E-state index in [9.17, 15) is 13.2 Å². The number of rotatable bonds is 5. The smallest absolute Gasteiger partial charge is 0.247 e. The number of carbonyl (C=O) groups is 1. The van der Waals surface area contributed by atoms with Crippen LogP contribution in [0.25, 0.3) is 5.57 Å². The maximum absolute atomic E-state index is 12.8. The van der Waals surface area contributed by atoms with E-state index >= 15 is 0 Å². The molecule has 7 heteroatoms. The number of hydrogen-bond acceptors (Lipinski definition) is 5. The molecule has 23 heavy (non-hydrogen) atoms. The number of nitrogens with one attached hydrogen (secondary N) is 1. The van der Waals surface area contributed by atoms with Crippen LogP contribution in [0.2, 0.25) is 0 Å². The third-order valence-electron chi connectivity index (χ3n) is 4.43. The van der Waals surface area contributed by atoms with Gasteiger partial charge >= 0.3 is 0 Å². The summed E-state index contributed by atoms with van der Waals surface area (Å²) in [5, 5.41) is 5.83. The second-order valence-corrected chi connectivity index (χ2v) is 9.40. The van der Waals surface area contributed by atoms with Crippen LogP contribution in [0.1, 0.15) is 58.6 Å². The first-order valence-electron chi connectivity index (χ1n) is 7.83. The van der Waals surface area contributed by atoms with Crippen LogP contribution in [0, 0.1) is 0 Å². The molecular formula is C16H24N2O4S. The molecule has 1 aromatic rings. The van der Waals surface area contributed by atoms with E-state index in [2.05, 4.69) is 17.1 Å². The van der Waals surface area contributed by atoms with E-state index in [4.69, 9.17) is 4.52 Å². The molecule has 0 saturated heterocycles. The molecule has 6 nitrogen and oxygen atoms in total. The third kappa shape index (κ3) is 3.49. The van der Waals surface area contributed by atoms with Crippen molar-refractivity contribution in [1.29, 1.82) is 0 Å². The summed E-state index contributed by atoms with van der Waals surface area (Å²) >= 11 is 0. The quantitative estimate of drug-likeness (QED) is 0.889. The van der Waals surface area contributed by atoms with Crippen molar-refractivity contribution in [3.05, 3.63) is 18.3 Å². The van der Waals surface area contributed by atoms with Crippen LogP contribution in [0.5, 0.6) is 0 Å². The highest BCUT2D eigenvalue weighted by Gasteiger charge is 2.46. The van der Waals surface area contributed by atoms with Crippen molar-refractivity contribution in [2.45, 2.75) is 62.9 Å². The molecule has 0 aliphatic heterocycles. The van der Waals surface area contributed by atoms with Gasteiger partial charge in [-0.25, -0.2) is 8.42 Å². The van der Waals surface area contributed by atoms with E-state index in [1.165, 1.54) is 19.9 Å². The summed E-state index contributed by atoms with van der Waals surface area (Å²) in [7, 11) is -3.58. The van der Waals surface area contributed by atoms with E-state index in [-0.39, 0.29) is 5.88 Å². The molecule has 1 heterocycles. The predicted octanol–water partition coefficient (Wildman–Crippen LogP) is 3.17. The molecular weight excluding hydrogens is 316 g/mol. The van der Waals surface area contributed by atoms with Crippen molar-refractivity contribution in [3.63, 3.8) is 0 Å². The number of sulfone groups is 1. The fourth-order valence-corrected chi connectivity index (χ4v) is 4.82. The Hall–Kier alpha value is -1.63. The van der Waals surface area contributed by atoms with Crippen LogP contribution in [-0.2, 0) is 14.6 Å². The Morgan fingerprint density at radius 2 is 1.96 bits per heavy atom. The first-order valence-corrected chi connectivity index (χ1v) is 9.38. The van der Waals surface area contributed by atoms with Crippen LogP contribution < -0.4 is 5.32 Å². The summed E-state index contributed by atoms with van der Waals surface area (Å²) in [4.78, 5) is 12.5. The summed E-state index contributed by atoms with van der Waals surface area (Å²) < 4.78 is 29.2. The highest BCUT2D eigenvalue weighted by Crippen LogP contribution is 2.32. The van der Waals surface area contributed by atoms with Crippen molar-refractivity contribution in [2.75, 3.05) is 5.32 Å². The number of amides is 1. The maximum atomic E-state index is 12.8. The lowest BCUT2D eigenvalue weighted by Gasteiger charge is -2.30. The lowest BCUT2D eigenvalue weighted by atomic mass is 10.0. The zero-order valence-electron chi connectivity index (χ0n) is 13.9. The third-order valence-corrected chi connectivity index (χ3v) is 7.39. The van der Waals surface area contributed by atoms with Crippen LogP contribution >= 0.6 is 0 Å². The Morgan fingerprint density at radius 1 is 1.35 bits per heavy atom. The highest BCUT2D eigenvalue weighted by molar-refractivity contribution is 7.94. The number of carbonyl (C=O) groups excluding carboxylic acids is 1. The zero-order valence-corrected chi connectivity index (χ0v) is 14.7. The monoisotopic (exact) mass is 340 g/mol. The van der Waals surface area contributed by atoms with Crippen LogP contribution in [0.4, 0.5) is 5.88 Å². The Bertz CT molecular complexity index is 697. The van der Waals surface area contributed by atoms with Gasteiger partial charge in [0.1, 0.15) is 10.4 Å². The van der Waals surface area contributed by atoms with Gasteiger partial charge in [0.05, 0.1) is 5.25 Å². The fraction of sp³-hybridized carbons (Fsp3) is 0.625. The first-order chi connectivity index (χ1) is 10.7. The van der Waals surface area contributed by atoms with Crippen molar-refractivity contribution in [1.82, 2.24) is 5.16 Å². The molecule has 0 radical (unpaired) electrons. The standard InChI is InChI=1S/C16H24N2O4S/c1-11(2)13-10-14(22-18-13)17-15(19)16(3,4)23(20,21)12-8-6-5-7-9-12/h10,12H,1,5-9H2,2-4H3,(H,17,19). The SMILES string of the molecule is C=C(C)c1cc(NC(=O)C(C)(C)S(=O)(=O)C2CCCCC2)on1. The normalized spacial score (nSPS) is 17.0. The molecule has 1 saturated carbocycles. The summed E-state index contributed by atoms with van der Waals surface area (Å²) in [6.07, 6.45) is 4.10. The van der Waals surface area contributed by atoms with Crippen molar-refractivity contribution in [3.8, 4) is 0 Å². The molecule has 0 bridgehead atoms. The summed E-state index contributed by atoms with van der Waals surface area (Å²) in [5.41, 5.74) is 1.22. The van der Waals surface area contributed by atoms with Crippen molar-refractivity contribution >= 4 is 27.2 Å². The van der Waals surface area contributed by atoms with Gasteiger partial charge in [0.25, 0.3) is 0 Å². The van der Waals surface area contributed by atoms with Gasteiger partial charge < -0.3 is 4.52 Å². The Morgan fingerprint density at radius 3 is 2.48 bits per heavy atom. The van der Waals surface area contributed by atoms with E-state index in [1.54, 1.807) is 6.92 Å². The van der Waals surface area contributed by atoms with Gasteiger partial charge in [0, 0.05) is 6.07 Å². The molecule has 0 aromatic carbocycles. The largest absolute Gasteiger partial charge is 0.338 e. The van der Waals surface area contributed by atoms with E-state index in [1.807, 2.05) is 0 Å². The Kier molecular flexibility index (Phi) is 4.98. The molecule has 128 valence electrons. The molecule has 1 aromatic heterocycles. The first kappa shape index (κ1) is 17.7. The number of nitrogens with zero attached hydrogens (tertiary/aromatic N) is 1. The second-order valence-electron chi connectivity index (χ2n) is 6.63. The summed E-state index contributed by atoms with van der Waals surface area (Å²) in [5.74, 6) is -0.479. The van der Waals surface area contributed by atoms with E-state index < -0.39 is 25.7 Å². The molecule has 2 rings (SSSR count). The van der Waals surface area contributed by atoms with Crippen molar-refractivity contribution < 1.29 is 17.7 Å². The van der Waals surface area contributed by atoms with Crippen LogP contribution in [-0.4, -0.2) is 29.5 Å². The minimum atomic E-state index is -3.58. The summed E-state index contributed by atoms with van der Waals surface area (Å²) in [6.45, 7) is 8.39. The van der Waals surface area contributed by atoms with Crippen molar-refractivity contribution in [2.24, 2.45) is 0 Å². The number of allylic oxidation sites excluding steroid dienone is 1. The lowest BCUT2D eigenvalue weighted by Crippen LogP contribution is -2.49. The molecule has 0 spiro atoms. The Balaban J connectivity index is 2.16. The molecule has 1 N–H and O–H groups in total. The lowest BCUT2D eigenvalue weighted by molar-refractivity contribution is -0.118. The maximum Gasteiger partial charge on any atom is 0.247 e. The van der Waals surface area contributed by atoms with Gasteiger partial charge in [-0.2, -0.15) is 0 Å². The molecule has 1 aliphatic rings. The molecule has 0 unspecified atom stereocenters. The zero-order chi connectivity index (χ0) is 17.3. The van der Waals surface area contributed by atoms with Gasteiger partial charge in [0.15, 0.2) is 9.84 Å². The van der Waals surface area contributed by atoms with Gasteiger partial charge in [-0.15, -0.1) is 0 Å². The van der Waals surface area contributed by atoms with Crippen LogP contribution in [0.15, 0.2) is 17.2 Å².